The first kappa shape index (κ1) is 30.9. The van der Waals surface area contributed by atoms with Crippen molar-refractivity contribution < 1.29 is 19.4 Å². The van der Waals surface area contributed by atoms with Crippen LogP contribution < -0.4 is 10.2 Å². The first-order chi connectivity index (χ1) is 20.5. The lowest BCUT2D eigenvalue weighted by atomic mass is 10.0. The summed E-state index contributed by atoms with van der Waals surface area (Å²) >= 11 is 0. The Morgan fingerprint density at radius 2 is 1.98 bits per heavy atom. The molecule has 13 heteroatoms. The van der Waals surface area contributed by atoms with Crippen molar-refractivity contribution in [3.63, 3.8) is 0 Å². The molecule has 5 heterocycles. The summed E-state index contributed by atoms with van der Waals surface area (Å²) in [5.41, 5.74) is 3.95. The van der Waals surface area contributed by atoms with Gasteiger partial charge in [0.25, 0.3) is 0 Å². The number of rotatable bonds is 10. The van der Waals surface area contributed by atoms with Gasteiger partial charge in [0.1, 0.15) is 24.5 Å². The zero-order chi connectivity index (χ0) is 30.7. The Morgan fingerprint density at radius 3 is 2.65 bits per heavy atom. The molecule has 3 atom stereocenters. The minimum Gasteiger partial charge on any atom is -0.465 e. The summed E-state index contributed by atoms with van der Waals surface area (Å²) in [4.78, 5) is 34.0. The Bertz CT molecular complexity index is 1460. The SMILES string of the molecule is CC(Nc1ncnc2c1c(C1=CCOCC1)cn2COCC[Si](C)(C)C)c1ccnc(N2C[C@@H](C)N(C(=O)O)[C@@H](C)C2)n1. The van der Waals surface area contributed by atoms with Crippen molar-refractivity contribution in [2.75, 3.05) is 43.1 Å². The van der Waals surface area contributed by atoms with Crippen LogP contribution in [0.4, 0.5) is 16.6 Å². The van der Waals surface area contributed by atoms with Gasteiger partial charge in [0, 0.05) is 45.7 Å². The molecule has 2 aliphatic rings. The predicted octanol–water partition coefficient (Wildman–Crippen LogP) is 5.09. The first-order valence-electron chi connectivity index (χ1n) is 15.1. The number of aromatic nitrogens is 5. The molecule has 0 radical (unpaired) electrons. The van der Waals surface area contributed by atoms with Crippen molar-refractivity contribution in [1.82, 2.24) is 29.4 Å². The molecule has 232 valence electrons. The average molecular weight is 609 g/mol. The molecule has 5 rings (SSSR count). The molecule has 0 aliphatic carbocycles. The van der Waals surface area contributed by atoms with E-state index in [-0.39, 0.29) is 18.1 Å². The van der Waals surface area contributed by atoms with E-state index in [9.17, 15) is 9.90 Å². The Morgan fingerprint density at radius 1 is 1.21 bits per heavy atom. The van der Waals surface area contributed by atoms with Crippen LogP contribution >= 0.6 is 0 Å². The van der Waals surface area contributed by atoms with Gasteiger partial charge in [-0.15, -0.1) is 0 Å². The zero-order valence-corrected chi connectivity index (χ0v) is 27.1. The molecule has 12 nitrogen and oxygen atoms in total. The summed E-state index contributed by atoms with van der Waals surface area (Å²) in [6.07, 6.45) is 7.54. The maximum absolute atomic E-state index is 11.7. The van der Waals surface area contributed by atoms with Crippen LogP contribution in [0.1, 0.15) is 44.5 Å². The number of piperazine rings is 1. The number of anilines is 2. The topological polar surface area (TPSA) is 131 Å². The van der Waals surface area contributed by atoms with Gasteiger partial charge in [0.05, 0.1) is 42.4 Å². The van der Waals surface area contributed by atoms with E-state index < -0.39 is 14.2 Å². The van der Waals surface area contributed by atoms with Crippen LogP contribution in [-0.2, 0) is 16.2 Å². The minimum absolute atomic E-state index is 0.167. The Balaban J connectivity index is 1.40. The number of hydrogen-bond acceptors (Lipinski definition) is 9. The van der Waals surface area contributed by atoms with Crippen molar-refractivity contribution in [2.45, 2.75) is 77.7 Å². The van der Waals surface area contributed by atoms with E-state index in [1.165, 1.54) is 10.5 Å². The molecule has 1 unspecified atom stereocenters. The van der Waals surface area contributed by atoms with Gasteiger partial charge in [-0.05, 0) is 44.9 Å². The third-order valence-corrected chi connectivity index (χ3v) is 9.78. The molecule has 2 N–H and O–H groups in total. The highest BCUT2D eigenvalue weighted by molar-refractivity contribution is 6.76. The standard InChI is InChI=1S/C30H44N8O4Si/c1-20-15-36(16-21(2)38(20)30(39)40)29-31-10-7-25(35-29)22(3)34-27-26-24(23-8-11-41-12-9-23)17-37(28(26)33-18-32-27)19-42-13-14-43(4,5)6/h7-8,10,17-18,20-22H,9,11-16,19H2,1-6H3,(H,39,40)(H,32,33,34)/t20-,21+,22?. The second kappa shape index (κ2) is 13.0. The Hall–Kier alpha value is -3.55. The van der Waals surface area contributed by atoms with Gasteiger partial charge in [-0.1, -0.05) is 25.7 Å². The highest BCUT2D eigenvalue weighted by Crippen LogP contribution is 2.35. The van der Waals surface area contributed by atoms with Gasteiger partial charge in [-0.25, -0.2) is 24.7 Å². The number of nitrogens with zero attached hydrogens (tertiary/aromatic N) is 7. The van der Waals surface area contributed by atoms with Crippen LogP contribution in [-0.4, -0.2) is 93.7 Å². The van der Waals surface area contributed by atoms with E-state index in [0.717, 1.165) is 47.2 Å². The largest absolute Gasteiger partial charge is 0.465 e. The third-order valence-electron chi connectivity index (χ3n) is 8.07. The Kier molecular flexibility index (Phi) is 9.32. The van der Waals surface area contributed by atoms with E-state index >= 15 is 0 Å². The molecule has 1 fully saturated rings. The summed E-state index contributed by atoms with van der Waals surface area (Å²) < 4.78 is 13.8. The zero-order valence-electron chi connectivity index (χ0n) is 26.1. The number of amides is 1. The van der Waals surface area contributed by atoms with Gasteiger partial charge in [-0.3, -0.25) is 4.90 Å². The van der Waals surface area contributed by atoms with Crippen LogP contribution in [0.2, 0.25) is 25.7 Å². The number of ether oxygens (including phenoxy) is 2. The molecule has 0 aromatic carbocycles. The quantitative estimate of drug-likeness (QED) is 0.237. The van der Waals surface area contributed by atoms with E-state index in [2.05, 4.69) is 68.6 Å². The summed E-state index contributed by atoms with van der Waals surface area (Å²) in [5, 5.41) is 14.2. The van der Waals surface area contributed by atoms with E-state index in [1.54, 1.807) is 12.5 Å². The normalized spacial score (nSPS) is 20.3. The molecule has 2 aliphatic heterocycles. The molecule has 43 heavy (non-hydrogen) atoms. The van der Waals surface area contributed by atoms with Crippen LogP contribution in [0, 0.1) is 0 Å². The van der Waals surface area contributed by atoms with Crippen molar-refractivity contribution in [3.8, 4) is 0 Å². The summed E-state index contributed by atoms with van der Waals surface area (Å²) in [5.74, 6) is 1.33. The first-order valence-corrected chi connectivity index (χ1v) is 18.8. The average Bonchev–Trinajstić information content (AvgIpc) is 3.34. The lowest BCUT2D eigenvalue weighted by Crippen LogP contribution is -2.58. The van der Waals surface area contributed by atoms with Gasteiger partial charge in [0.15, 0.2) is 0 Å². The Labute approximate surface area is 254 Å². The van der Waals surface area contributed by atoms with Crippen molar-refractivity contribution in [3.05, 3.63) is 42.1 Å². The third kappa shape index (κ3) is 7.16. The predicted molar refractivity (Wildman–Crippen MR) is 170 cm³/mol. The van der Waals surface area contributed by atoms with Gasteiger partial charge >= 0.3 is 6.09 Å². The highest BCUT2D eigenvalue weighted by atomic mass is 28.3. The molecular weight excluding hydrogens is 564 g/mol. The van der Waals surface area contributed by atoms with Crippen LogP contribution in [0.3, 0.4) is 0 Å². The number of fused-ring (bicyclic) bond motifs is 1. The summed E-state index contributed by atoms with van der Waals surface area (Å²) in [6.45, 7) is 16.4. The monoisotopic (exact) mass is 608 g/mol. The smallest absolute Gasteiger partial charge is 0.407 e. The van der Waals surface area contributed by atoms with Crippen LogP contribution in [0.5, 0.6) is 0 Å². The van der Waals surface area contributed by atoms with Crippen molar-refractivity contribution in [1.29, 1.82) is 0 Å². The summed E-state index contributed by atoms with van der Waals surface area (Å²) in [7, 11) is -1.19. The molecule has 0 bridgehead atoms. The lowest BCUT2D eigenvalue weighted by Gasteiger charge is -2.42. The highest BCUT2D eigenvalue weighted by Gasteiger charge is 2.34. The molecule has 3 aromatic rings. The van der Waals surface area contributed by atoms with Crippen LogP contribution in [0.15, 0.2) is 30.9 Å². The van der Waals surface area contributed by atoms with Crippen LogP contribution in [0.25, 0.3) is 16.6 Å². The number of carboxylic acid groups (broad SMARTS) is 1. The van der Waals surface area contributed by atoms with E-state index in [1.807, 2.05) is 19.9 Å². The number of nitrogens with one attached hydrogen (secondary N) is 1. The molecule has 0 saturated carbocycles. The summed E-state index contributed by atoms with van der Waals surface area (Å²) in [6, 6.07) is 2.50. The van der Waals surface area contributed by atoms with Gasteiger partial charge in [0.2, 0.25) is 5.95 Å². The molecule has 1 saturated heterocycles. The number of carbonyl (C=O) groups is 1. The fraction of sp³-hybridized carbons (Fsp3) is 0.567. The minimum atomic E-state index is -1.19. The lowest BCUT2D eigenvalue weighted by molar-refractivity contribution is 0.0898. The van der Waals surface area contributed by atoms with E-state index in [4.69, 9.17) is 14.5 Å². The van der Waals surface area contributed by atoms with Gasteiger partial charge < -0.3 is 29.4 Å². The molecule has 3 aromatic heterocycles. The molecule has 0 spiro atoms. The maximum atomic E-state index is 11.7. The van der Waals surface area contributed by atoms with Crippen molar-refractivity contribution >= 4 is 42.5 Å². The van der Waals surface area contributed by atoms with E-state index in [0.29, 0.717) is 39.0 Å². The maximum Gasteiger partial charge on any atom is 0.407 e. The fourth-order valence-corrected chi connectivity index (χ4v) is 6.54. The second-order valence-corrected chi connectivity index (χ2v) is 18.4. The number of hydrogen-bond donors (Lipinski definition) is 2. The molecular formula is C30H44N8O4Si. The van der Waals surface area contributed by atoms with Gasteiger partial charge in [-0.2, -0.15) is 0 Å². The second-order valence-electron chi connectivity index (χ2n) is 12.8. The van der Waals surface area contributed by atoms with Crippen molar-refractivity contribution in [2.24, 2.45) is 0 Å². The fourth-order valence-electron chi connectivity index (χ4n) is 5.79. The molecule has 1 amide bonds.